The van der Waals surface area contributed by atoms with Gasteiger partial charge in [0.15, 0.2) is 0 Å². The molecule has 0 radical (unpaired) electrons. The normalized spacial score (nSPS) is 29.6. The number of likely N-dealkylation sites (tertiary alicyclic amines) is 1. The Hall–Kier alpha value is -1.55. The van der Waals surface area contributed by atoms with Gasteiger partial charge in [-0.15, -0.1) is 0 Å². The van der Waals surface area contributed by atoms with Crippen LogP contribution in [0.2, 0.25) is 0 Å². The summed E-state index contributed by atoms with van der Waals surface area (Å²) < 4.78 is 5.31. The van der Waals surface area contributed by atoms with Crippen LogP contribution in [0.3, 0.4) is 0 Å². The molecule has 1 aromatic carbocycles. The Morgan fingerprint density at radius 3 is 2.72 bits per heavy atom. The van der Waals surface area contributed by atoms with Gasteiger partial charge in [-0.05, 0) is 18.4 Å². The molecule has 2 bridgehead atoms. The fraction of sp³-hybridized carbons (Fsp3) is 0.500. The summed E-state index contributed by atoms with van der Waals surface area (Å²) in [5.41, 5.74) is 0.996. The predicted molar refractivity (Wildman–Crippen MR) is 65.9 cm³/mol. The van der Waals surface area contributed by atoms with E-state index in [0.29, 0.717) is 19.6 Å². The molecule has 1 aliphatic carbocycles. The summed E-state index contributed by atoms with van der Waals surface area (Å²) in [6, 6.07) is 9.84. The SMILES string of the molecule is O=C(OCc1ccccc1)N1C[C@@H]2C[C@H]1C[C@@H]2O. The lowest BCUT2D eigenvalue weighted by molar-refractivity contribution is 0.0517. The average Bonchev–Trinajstić information content (AvgIpc) is 2.96. The largest absolute Gasteiger partial charge is 0.445 e. The van der Waals surface area contributed by atoms with Gasteiger partial charge in [-0.25, -0.2) is 4.79 Å². The highest BCUT2D eigenvalue weighted by Gasteiger charge is 2.46. The van der Waals surface area contributed by atoms with Crippen LogP contribution < -0.4 is 0 Å². The molecular weight excluding hydrogens is 230 g/mol. The minimum Gasteiger partial charge on any atom is -0.445 e. The molecule has 2 fully saturated rings. The number of aliphatic hydroxyl groups is 1. The molecule has 4 nitrogen and oxygen atoms in total. The number of carbonyl (C=O) groups is 1. The van der Waals surface area contributed by atoms with Gasteiger partial charge in [0.2, 0.25) is 0 Å². The third kappa shape index (κ3) is 2.08. The summed E-state index contributed by atoms with van der Waals surface area (Å²) in [5, 5.41) is 9.65. The number of hydrogen-bond acceptors (Lipinski definition) is 3. The van der Waals surface area contributed by atoms with Gasteiger partial charge in [0.1, 0.15) is 6.61 Å². The number of carbonyl (C=O) groups excluding carboxylic acids is 1. The number of aliphatic hydroxyl groups excluding tert-OH is 1. The number of nitrogens with zero attached hydrogens (tertiary/aromatic N) is 1. The summed E-state index contributed by atoms with van der Waals surface area (Å²) in [4.78, 5) is 13.7. The Labute approximate surface area is 106 Å². The predicted octanol–water partition coefficient (Wildman–Crippen LogP) is 1.78. The van der Waals surface area contributed by atoms with Crippen LogP contribution in [0, 0.1) is 5.92 Å². The van der Waals surface area contributed by atoms with Crippen LogP contribution in [0.4, 0.5) is 4.79 Å². The Balaban J connectivity index is 1.54. The van der Waals surface area contributed by atoms with Crippen LogP contribution in [-0.2, 0) is 11.3 Å². The monoisotopic (exact) mass is 247 g/mol. The molecule has 1 N–H and O–H groups in total. The molecular formula is C14H17NO3. The Kier molecular flexibility index (Phi) is 2.96. The van der Waals surface area contributed by atoms with Gasteiger partial charge in [-0.2, -0.15) is 0 Å². The van der Waals surface area contributed by atoms with E-state index in [1.54, 1.807) is 4.90 Å². The maximum atomic E-state index is 11.9. The maximum Gasteiger partial charge on any atom is 0.410 e. The van der Waals surface area contributed by atoms with Crippen molar-refractivity contribution in [2.75, 3.05) is 6.54 Å². The first-order valence-electron chi connectivity index (χ1n) is 6.39. The molecule has 1 heterocycles. The van der Waals surface area contributed by atoms with Crippen molar-refractivity contribution in [3.8, 4) is 0 Å². The van der Waals surface area contributed by atoms with Crippen molar-refractivity contribution in [2.24, 2.45) is 5.92 Å². The van der Waals surface area contributed by atoms with Gasteiger partial charge in [0.05, 0.1) is 6.10 Å². The topological polar surface area (TPSA) is 49.8 Å². The number of amides is 1. The van der Waals surface area contributed by atoms with Crippen LogP contribution in [-0.4, -0.2) is 34.8 Å². The lowest BCUT2D eigenvalue weighted by Crippen LogP contribution is -2.41. The third-order valence-electron chi connectivity index (χ3n) is 3.94. The summed E-state index contributed by atoms with van der Waals surface area (Å²) in [6.45, 7) is 0.954. The second kappa shape index (κ2) is 4.61. The van der Waals surface area contributed by atoms with Gasteiger partial charge in [-0.3, -0.25) is 0 Å². The molecule has 1 aromatic rings. The standard InChI is InChI=1S/C14H17NO3/c16-13-7-12-6-11(13)8-15(12)14(17)18-9-10-4-2-1-3-5-10/h1-5,11-13,16H,6-9H2/t11-,12-,13-/m0/s1. The molecule has 1 saturated heterocycles. The van der Waals surface area contributed by atoms with Crippen LogP contribution in [0.5, 0.6) is 0 Å². The highest BCUT2D eigenvalue weighted by Crippen LogP contribution is 2.37. The molecule has 1 amide bonds. The minimum atomic E-state index is -0.252. The first kappa shape index (κ1) is 11.5. The molecule has 0 aromatic heterocycles. The van der Waals surface area contributed by atoms with Gasteiger partial charge < -0.3 is 14.7 Å². The second-order valence-electron chi connectivity index (χ2n) is 5.15. The second-order valence-corrected chi connectivity index (χ2v) is 5.15. The molecule has 18 heavy (non-hydrogen) atoms. The van der Waals surface area contributed by atoms with E-state index in [2.05, 4.69) is 0 Å². The molecule has 2 aliphatic rings. The van der Waals surface area contributed by atoms with E-state index in [4.69, 9.17) is 4.74 Å². The lowest BCUT2D eigenvalue weighted by Gasteiger charge is -2.28. The molecule has 1 saturated carbocycles. The van der Waals surface area contributed by atoms with Crippen LogP contribution in [0.1, 0.15) is 18.4 Å². The zero-order valence-electron chi connectivity index (χ0n) is 10.2. The number of piperidine rings is 1. The van der Waals surface area contributed by atoms with E-state index in [1.807, 2.05) is 30.3 Å². The van der Waals surface area contributed by atoms with Crippen molar-refractivity contribution in [1.82, 2.24) is 4.90 Å². The number of rotatable bonds is 2. The Morgan fingerprint density at radius 1 is 1.33 bits per heavy atom. The highest BCUT2D eigenvalue weighted by atomic mass is 16.6. The van der Waals surface area contributed by atoms with E-state index in [9.17, 15) is 9.90 Å². The molecule has 0 spiro atoms. The van der Waals surface area contributed by atoms with Crippen molar-refractivity contribution in [2.45, 2.75) is 31.6 Å². The Morgan fingerprint density at radius 2 is 2.11 bits per heavy atom. The average molecular weight is 247 g/mol. The summed E-state index contributed by atoms with van der Waals surface area (Å²) in [6.07, 6.45) is 1.14. The first-order valence-corrected chi connectivity index (χ1v) is 6.39. The smallest absolute Gasteiger partial charge is 0.410 e. The van der Waals surface area contributed by atoms with Gasteiger partial charge >= 0.3 is 6.09 Å². The van der Waals surface area contributed by atoms with Crippen molar-refractivity contribution < 1.29 is 14.6 Å². The number of fused-ring (bicyclic) bond motifs is 2. The minimum absolute atomic E-state index is 0.174. The first-order chi connectivity index (χ1) is 8.74. The maximum absolute atomic E-state index is 11.9. The van der Waals surface area contributed by atoms with Crippen LogP contribution in [0.15, 0.2) is 30.3 Å². The number of ether oxygens (including phenoxy) is 1. The van der Waals surface area contributed by atoms with Crippen LogP contribution in [0.25, 0.3) is 0 Å². The number of benzene rings is 1. The van der Waals surface area contributed by atoms with Gasteiger partial charge in [0.25, 0.3) is 0 Å². The molecule has 3 rings (SSSR count). The lowest BCUT2D eigenvalue weighted by atomic mass is 10.1. The van der Waals surface area contributed by atoms with Crippen molar-refractivity contribution in [3.63, 3.8) is 0 Å². The molecule has 0 unspecified atom stereocenters. The van der Waals surface area contributed by atoms with Crippen molar-refractivity contribution in [1.29, 1.82) is 0 Å². The summed E-state index contributed by atoms with van der Waals surface area (Å²) in [5.74, 6) is 0.249. The van der Waals surface area contributed by atoms with E-state index in [-0.39, 0.29) is 24.2 Å². The van der Waals surface area contributed by atoms with E-state index in [0.717, 1.165) is 12.0 Å². The Bertz CT molecular complexity index is 432. The quantitative estimate of drug-likeness (QED) is 0.866. The van der Waals surface area contributed by atoms with Gasteiger partial charge in [0, 0.05) is 18.5 Å². The molecule has 1 aliphatic heterocycles. The fourth-order valence-electron chi connectivity index (χ4n) is 2.95. The molecule has 3 atom stereocenters. The van der Waals surface area contributed by atoms with Crippen molar-refractivity contribution >= 4 is 6.09 Å². The van der Waals surface area contributed by atoms with E-state index in [1.165, 1.54) is 0 Å². The highest BCUT2D eigenvalue weighted by molar-refractivity contribution is 5.68. The van der Waals surface area contributed by atoms with Crippen LogP contribution >= 0.6 is 0 Å². The van der Waals surface area contributed by atoms with Crippen molar-refractivity contribution in [3.05, 3.63) is 35.9 Å². The summed E-state index contributed by atoms with van der Waals surface area (Å²) >= 11 is 0. The van der Waals surface area contributed by atoms with Gasteiger partial charge in [-0.1, -0.05) is 30.3 Å². The van der Waals surface area contributed by atoms with E-state index < -0.39 is 0 Å². The molecule has 4 heteroatoms. The zero-order valence-corrected chi connectivity index (χ0v) is 10.2. The molecule has 96 valence electrons. The third-order valence-corrected chi connectivity index (χ3v) is 3.94. The number of hydrogen-bond donors (Lipinski definition) is 1. The fourth-order valence-corrected chi connectivity index (χ4v) is 2.95. The zero-order chi connectivity index (χ0) is 12.5. The van der Waals surface area contributed by atoms with E-state index >= 15 is 0 Å². The summed E-state index contributed by atoms with van der Waals surface area (Å²) in [7, 11) is 0.